The van der Waals surface area contributed by atoms with Crippen molar-refractivity contribution >= 4 is 22.6 Å². The van der Waals surface area contributed by atoms with Crippen LogP contribution in [0.2, 0.25) is 0 Å². The van der Waals surface area contributed by atoms with Gasteiger partial charge in [0.25, 0.3) is 0 Å². The average molecular weight is 306 g/mol. The fourth-order valence-corrected chi connectivity index (χ4v) is 1.35. The van der Waals surface area contributed by atoms with Crippen LogP contribution in [0.4, 0.5) is 0 Å². The van der Waals surface area contributed by atoms with Crippen LogP contribution >= 0.6 is 22.6 Å². The Balaban J connectivity index is 1.99. The van der Waals surface area contributed by atoms with E-state index in [4.69, 9.17) is 9.47 Å². The van der Waals surface area contributed by atoms with Gasteiger partial charge in [0.15, 0.2) is 0 Å². The molecule has 14 heavy (non-hydrogen) atoms. The molecule has 0 fully saturated rings. The minimum atomic E-state index is 0.672. The van der Waals surface area contributed by atoms with Crippen molar-refractivity contribution in [2.45, 2.75) is 6.61 Å². The first-order valence-corrected chi connectivity index (χ1v) is 6.21. The third-order valence-corrected chi connectivity index (χ3v) is 2.15. The molecule has 1 rings (SSSR count). The molecule has 0 saturated heterocycles. The molecule has 0 spiro atoms. The summed E-state index contributed by atoms with van der Waals surface area (Å²) in [7, 11) is 0. The summed E-state index contributed by atoms with van der Waals surface area (Å²) in [6.07, 6.45) is 0. The first-order chi connectivity index (χ1) is 6.93. The maximum Gasteiger partial charge on any atom is 0.0718 e. The molecule has 0 radical (unpaired) electrons. The molecule has 0 aliphatic heterocycles. The minimum Gasteiger partial charge on any atom is -0.378 e. The highest BCUT2D eigenvalue weighted by Crippen LogP contribution is 1.99. The molecule has 78 valence electrons. The minimum absolute atomic E-state index is 0.672. The normalized spacial score (nSPS) is 10.4. The summed E-state index contributed by atoms with van der Waals surface area (Å²) >= 11 is 2.29. The van der Waals surface area contributed by atoms with Crippen LogP contribution < -0.4 is 0 Å². The molecule has 0 atom stereocenters. The zero-order valence-electron chi connectivity index (χ0n) is 8.12. The molecule has 1 aromatic carbocycles. The number of benzene rings is 1. The molecule has 0 N–H and O–H groups in total. The van der Waals surface area contributed by atoms with Gasteiger partial charge in [-0.3, -0.25) is 0 Å². The van der Waals surface area contributed by atoms with Crippen molar-refractivity contribution in [3.05, 3.63) is 35.9 Å². The summed E-state index contributed by atoms with van der Waals surface area (Å²) in [5.74, 6) is 0. The standard InChI is InChI=1S/C11H15IO2/c12-6-7-13-8-9-14-10-11-4-2-1-3-5-11/h1-5H,6-10H2. The largest absolute Gasteiger partial charge is 0.378 e. The Hall–Kier alpha value is -0.130. The molecule has 0 aliphatic rings. The fraction of sp³-hybridized carbons (Fsp3) is 0.455. The summed E-state index contributed by atoms with van der Waals surface area (Å²) in [5, 5.41) is 0. The summed E-state index contributed by atoms with van der Waals surface area (Å²) in [5.41, 5.74) is 1.21. The molecular formula is C11H15IO2. The lowest BCUT2D eigenvalue weighted by Crippen LogP contribution is -2.05. The SMILES string of the molecule is ICCOCCOCc1ccccc1. The van der Waals surface area contributed by atoms with Gasteiger partial charge in [0.05, 0.1) is 26.4 Å². The Morgan fingerprint density at radius 3 is 2.36 bits per heavy atom. The van der Waals surface area contributed by atoms with Crippen LogP contribution in [0.15, 0.2) is 30.3 Å². The lowest BCUT2D eigenvalue weighted by molar-refractivity contribution is 0.0467. The van der Waals surface area contributed by atoms with Crippen molar-refractivity contribution in [2.24, 2.45) is 0 Å². The Labute approximate surface area is 98.7 Å². The lowest BCUT2D eigenvalue weighted by atomic mass is 10.2. The molecule has 0 bridgehead atoms. The third kappa shape index (κ3) is 5.57. The van der Waals surface area contributed by atoms with Crippen molar-refractivity contribution in [2.75, 3.05) is 24.2 Å². The summed E-state index contributed by atoms with van der Waals surface area (Å²) in [6.45, 7) is 2.85. The Morgan fingerprint density at radius 2 is 1.64 bits per heavy atom. The smallest absolute Gasteiger partial charge is 0.0718 e. The topological polar surface area (TPSA) is 18.5 Å². The van der Waals surface area contributed by atoms with E-state index < -0.39 is 0 Å². The molecule has 3 heteroatoms. The molecule has 2 nitrogen and oxygen atoms in total. The molecule has 0 saturated carbocycles. The van der Waals surface area contributed by atoms with Crippen LogP contribution in [0.25, 0.3) is 0 Å². The van der Waals surface area contributed by atoms with Crippen molar-refractivity contribution in [3.8, 4) is 0 Å². The number of hydrogen-bond acceptors (Lipinski definition) is 2. The monoisotopic (exact) mass is 306 g/mol. The first kappa shape index (κ1) is 11.9. The third-order valence-electron chi connectivity index (χ3n) is 1.71. The second-order valence-electron chi connectivity index (χ2n) is 2.84. The number of rotatable bonds is 7. The van der Waals surface area contributed by atoms with Crippen LogP contribution in [0, 0.1) is 0 Å². The fourth-order valence-electron chi connectivity index (χ4n) is 1.04. The molecule has 0 amide bonds. The second-order valence-corrected chi connectivity index (χ2v) is 3.92. The first-order valence-electron chi connectivity index (χ1n) is 4.69. The highest BCUT2D eigenvalue weighted by Gasteiger charge is 1.91. The van der Waals surface area contributed by atoms with Gasteiger partial charge in [-0.1, -0.05) is 52.9 Å². The number of hydrogen-bond donors (Lipinski definition) is 0. The average Bonchev–Trinajstić information content (AvgIpc) is 2.25. The van der Waals surface area contributed by atoms with E-state index >= 15 is 0 Å². The Morgan fingerprint density at radius 1 is 0.929 bits per heavy atom. The van der Waals surface area contributed by atoms with E-state index in [1.54, 1.807) is 0 Å². The van der Waals surface area contributed by atoms with Gasteiger partial charge in [-0.05, 0) is 5.56 Å². The number of ether oxygens (including phenoxy) is 2. The van der Waals surface area contributed by atoms with Crippen molar-refractivity contribution in [1.82, 2.24) is 0 Å². The summed E-state index contributed by atoms with van der Waals surface area (Å²) in [6, 6.07) is 10.2. The molecule has 1 aromatic rings. The van der Waals surface area contributed by atoms with Crippen LogP contribution in [0.1, 0.15) is 5.56 Å². The van der Waals surface area contributed by atoms with E-state index in [1.807, 2.05) is 18.2 Å². The maximum absolute atomic E-state index is 5.44. The van der Waals surface area contributed by atoms with Crippen LogP contribution in [-0.4, -0.2) is 24.2 Å². The van der Waals surface area contributed by atoms with Crippen LogP contribution in [-0.2, 0) is 16.1 Å². The van der Waals surface area contributed by atoms with Gasteiger partial charge in [-0.15, -0.1) is 0 Å². The zero-order chi connectivity index (χ0) is 10.1. The van der Waals surface area contributed by atoms with Gasteiger partial charge < -0.3 is 9.47 Å². The van der Waals surface area contributed by atoms with Crippen LogP contribution in [0.3, 0.4) is 0 Å². The summed E-state index contributed by atoms with van der Waals surface area (Å²) in [4.78, 5) is 0. The van der Waals surface area contributed by atoms with Crippen molar-refractivity contribution in [3.63, 3.8) is 0 Å². The highest BCUT2D eigenvalue weighted by atomic mass is 127. The predicted molar refractivity (Wildman–Crippen MR) is 65.8 cm³/mol. The lowest BCUT2D eigenvalue weighted by Gasteiger charge is -2.04. The van der Waals surface area contributed by atoms with Crippen molar-refractivity contribution in [1.29, 1.82) is 0 Å². The van der Waals surface area contributed by atoms with Gasteiger partial charge in [-0.25, -0.2) is 0 Å². The van der Waals surface area contributed by atoms with Gasteiger partial charge in [-0.2, -0.15) is 0 Å². The van der Waals surface area contributed by atoms with Gasteiger partial charge in [0.1, 0.15) is 0 Å². The van der Waals surface area contributed by atoms with Gasteiger partial charge >= 0.3 is 0 Å². The number of alkyl halides is 1. The molecule has 0 aromatic heterocycles. The maximum atomic E-state index is 5.44. The van der Waals surface area contributed by atoms with E-state index in [0.29, 0.717) is 19.8 Å². The summed E-state index contributed by atoms with van der Waals surface area (Å²) < 4.78 is 11.8. The van der Waals surface area contributed by atoms with Gasteiger partial charge in [0.2, 0.25) is 0 Å². The molecule has 0 heterocycles. The van der Waals surface area contributed by atoms with E-state index in [2.05, 4.69) is 34.7 Å². The van der Waals surface area contributed by atoms with Gasteiger partial charge in [0, 0.05) is 4.43 Å². The number of halogens is 1. The predicted octanol–water partition coefficient (Wildman–Crippen LogP) is 2.65. The van der Waals surface area contributed by atoms with E-state index in [0.717, 1.165) is 11.0 Å². The molecule has 0 unspecified atom stereocenters. The van der Waals surface area contributed by atoms with Crippen molar-refractivity contribution < 1.29 is 9.47 Å². The highest BCUT2D eigenvalue weighted by molar-refractivity contribution is 14.1. The Kier molecular flexibility index (Phi) is 7.00. The second kappa shape index (κ2) is 8.20. The zero-order valence-corrected chi connectivity index (χ0v) is 10.3. The molecule has 0 aliphatic carbocycles. The van der Waals surface area contributed by atoms with E-state index in [1.165, 1.54) is 5.56 Å². The quantitative estimate of drug-likeness (QED) is 0.438. The van der Waals surface area contributed by atoms with E-state index in [9.17, 15) is 0 Å². The molecular weight excluding hydrogens is 291 g/mol. The van der Waals surface area contributed by atoms with Crippen LogP contribution in [0.5, 0.6) is 0 Å². The van der Waals surface area contributed by atoms with E-state index in [-0.39, 0.29) is 0 Å². The Bertz CT molecular complexity index is 226.